The molecule has 1 aliphatic heterocycles. The highest BCUT2D eigenvalue weighted by Gasteiger charge is 2.40. The number of ether oxygens (including phenoxy) is 2. The Hall–Kier alpha value is -1.11. The van der Waals surface area contributed by atoms with E-state index in [1.54, 1.807) is 0 Å². The quantitative estimate of drug-likeness (QED) is 0.116. The van der Waals surface area contributed by atoms with E-state index in [0.29, 0.717) is 13.2 Å². The summed E-state index contributed by atoms with van der Waals surface area (Å²) >= 11 is 0. The lowest BCUT2D eigenvalue weighted by atomic mass is 9.90. The first-order valence-electron chi connectivity index (χ1n) is 14.4. The van der Waals surface area contributed by atoms with Crippen LogP contribution in [0.2, 0.25) is 0 Å². The van der Waals surface area contributed by atoms with E-state index in [-0.39, 0.29) is 48.1 Å². The topological polar surface area (TPSA) is 86.7 Å². The molecular weight excluding hydrogens is 464 g/mol. The number of esters is 2. The summed E-state index contributed by atoms with van der Waals surface area (Å²) in [6.07, 6.45) is 18.9. The molecule has 0 spiro atoms. The maximum absolute atomic E-state index is 12.3. The summed E-state index contributed by atoms with van der Waals surface area (Å²) in [5, 5.41) is 0. The number of carbonyl (C=O) groups is 2. The van der Waals surface area contributed by atoms with Crippen molar-refractivity contribution in [3.63, 3.8) is 0 Å². The van der Waals surface area contributed by atoms with E-state index < -0.39 is 9.84 Å². The molecule has 1 saturated heterocycles. The third kappa shape index (κ3) is 17.1. The Morgan fingerprint density at radius 2 is 0.886 bits per heavy atom. The first kappa shape index (κ1) is 31.9. The van der Waals surface area contributed by atoms with Crippen molar-refractivity contribution in [3.8, 4) is 0 Å². The van der Waals surface area contributed by atoms with Crippen LogP contribution in [-0.4, -0.2) is 45.1 Å². The summed E-state index contributed by atoms with van der Waals surface area (Å²) in [6.45, 7) is 5.20. The zero-order valence-corrected chi connectivity index (χ0v) is 23.4. The standard InChI is InChI=1S/C28H52O6S/c1-3-5-7-9-11-13-15-17-19-33-27(29)21-25-23-35(31,32)24-26(25)22-28(30)34-20-18-16-14-12-10-8-6-4-2/h25-26H,3-24H2,1-2H3. The molecule has 0 radical (unpaired) electrons. The van der Waals surface area contributed by atoms with Crippen LogP contribution in [0, 0.1) is 11.8 Å². The molecule has 1 fully saturated rings. The van der Waals surface area contributed by atoms with Gasteiger partial charge in [-0.25, -0.2) is 8.42 Å². The normalized spacial score (nSPS) is 19.0. The average molecular weight is 517 g/mol. The average Bonchev–Trinajstić information content (AvgIpc) is 3.09. The first-order valence-corrected chi connectivity index (χ1v) is 16.2. The molecule has 1 heterocycles. The van der Waals surface area contributed by atoms with Gasteiger partial charge in [-0.3, -0.25) is 9.59 Å². The minimum absolute atomic E-state index is 0.0458. The Bertz CT molecular complexity index is 610. The monoisotopic (exact) mass is 516 g/mol. The molecule has 0 amide bonds. The molecule has 206 valence electrons. The largest absolute Gasteiger partial charge is 0.466 e. The van der Waals surface area contributed by atoms with Gasteiger partial charge in [0.1, 0.15) is 0 Å². The van der Waals surface area contributed by atoms with Gasteiger partial charge in [-0.15, -0.1) is 0 Å². The van der Waals surface area contributed by atoms with E-state index in [0.717, 1.165) is 38.5 Å². The van der Waals surface area contributed by atoms with Crippen molar-refractivity contribution in [2.75, 3.05) is 24.7 Å². The van der Waals surface area contributed by atoms with Crippen molar-refractivity contribution in [2.45, 2.75) is 129 Å². The molecule has 6 nitrogen and oxygen atoms in total. The van der Waals surface area contributed by atoms with E-state index in [1.165, 1.54) is 64.2 Å². The van der Waals surface area contributed by atoms with Gasteiger partial charge in [-0.05, 0) is 24.7 Å². The Labute approximate surface area is 215 Å². The van der Waals surface area contributed by atoms with E-state index >= 15 is 0 Å². The van der Waals surface area contributed by atoms with Crippen molar-refractivity contribution >= 4 is 21.8 Å². The summed E-state index contributed by atoms with van der Waals surface area (Å²) in [5.74, 6) is -1.52. The van der Waals surface area contributed by atoms with E-state index in [4.69, 9.17) is 9.47 Å². The van der Waals surface area contributed by atoms with Crippen molar-refractivity contribution < 1.29 is 27.5 Å². The highest BCUT2D eigenvalue weighted by molar-refractivity contribution is 7.91. The molecule has 2 atom stereocenters. The highest BCUT2D eigenvalue weighted by atomic mass is 32.2. The number of unbranched alkanes of at least 4 members (excludes halogenated alkanes) is 14. The Morgan fingerprint density at radius 3 is 1.23 bits per heavy atom. The summed E-state index contributed by atoms with van der Waals surface area (Å²) in [7, 11) is -3.24. The van der Waals surface area contributed by atoms with Crippen molar-refractivity contribution in [3.05, 3.63) is 0 Å². The minimum Gasteiger partial charge on any atom is -0.466 e. The van der Waals surface area contributed by atoms with Crippen LogP contribution in [0.15, 0.2) is 0 Å². The van der Waals surface area contributed by atoms with Crippen LogP contribution in [0.3, 0.4) is 0 Å². The lowest BCUT2D eigenvalue weighted by Gasteiger charge is -2.16. The Morgan fingerprint density at radius 1 is 0.571 bits per heavy atom. The zero-order chi connectivity index (χ0) is 25.8. The smallest absolute Gasteiger partial charge is 0.306 e. The van der Waals surface area contributed by atoms with Crippen LogP contribution in [0.5, 0.6) is 0 Å². The van der Waals surface area contributed by atoms with Gasteiger partial charge in [0.15, 0.2) is 9.84 Å². The van der Waals surface area contributed by atoms with Gasteiger partial charge in [0, 0.05) is 12.8 Å². The molecular formula is C28H52O6S. The molecule has 0 aromatic heterocycles. The second-order valence-corrected chi connectivity index (χ2v) is 12.5. The number of sulfone groups is 1. The van der Waals surface area contributed by atoms with Crippen LogP contribution in [0.1, 0.15) is 129 Å². The first-order chi connectivity index (χ1) is 16.9. The van der Waals surface area contributed by atoms with Crippen LogP contribution < -0.4 is 0 Å². The van der Waals surface area contributed by atoms with Gasteiger partial charge in [0.05, 0.1) is 24.7 Å². The van der Waals surface area contributed by atoms with Gasteiger partial charge in [0.25, 0.3) is 0 Å². The Balaban J connectivity index is 2.19. The molecule has 0 bridgehead atoms. The maximum Gasteiger partial charge on any atom is 0.306 e. The predicted octanol–water partition coefficient (Wildman–Crippen LogP) is 6.80. The molecule has 2 unspecified atom stereocenters. The fraction of sp³-hybridized carbons (Fsp3) is 0.929. The predicted molar refractivity (Wildman–Crippen MR) is 142 cm³/mol. The fourth-order valence-corrected chi connectivity index (χ4v) is 7.05. The molecule has 0 saturated carbocycles. The molecule has 0 aromatic rings. The van der Waals surface area contributed by atoms with Gasteiger partial charge in [0.2, 0.25) is 0 Å². The van der Waals surface area contributed by atoms with E-state index in [2.05, 4.69) is 13.8 Å². The molecule has 35 heavy (non-hydrogen) atoms. The summed E-state index contributed by atoms with van der Waals surface area (Å²) in [6, 6.07) is 0. The van der Waals surface area contributed by atoms with Crippen molar-refractivity contribution in [1.82, 2.24) is 0 Å². The second kappa shape index (κ2) is 20.0. The number of carbonyl (C=O) groups excluding carboxylic acids is 2. The number of hydrogen-bond donors (Lipinski definition) is 0. The molecule has 7 heteroatoms. The second-order valence-electron chi connectivity index (χ2n) is 10.4. The molecule has 1 aliphatic rings. The van der Waals surface area contributed by atoms with Crippen molar-refractivity contribution in [2.24, 2.45) is 11.8 Å². The van der Waals surface area contributed by atoms with Crippen LogP contribution in [0.4, 0.5) is 0 Å². The Kier molecular flexibility index (Phi) is 18.2. The van der Waals surface area contributed by atoms with Gasteiger partial charge >= 0.3 is 11.9 Å². The van der Waals surface area contributed by atoms with Crippen molar-refractivity contribution in [1.29, 1.82) is 0 Å². The SMILES string of the molecule is CCCCCCCCCCOC(=O)CC1CS(=O)(=O)CC1CC(=O)OCCCCCCCCCC. The molecule has 0 N–H and O–H groups in total. The van der Waals surface area contributed by atoms with Crippen LogP contribution >= 0.6 is 0 Å². The lowest BCUT2D eigenvalue weighted by molar-refractivity contribution is -0.148. The third-order valence-corrected chi connectivity index (χ3v) is 8.85. The molecule has 1 rings (SSSR count). The summed E-state index contributed by atoms with van der Waals surface area (Å²) in [4.78, 5) is 24.5. The van der Waals surface area contributed by atoms with Gasteiger partial charge < -0.3 is 9.47 Å². The van der Waals surface area contributed by atoms with Gasteiger partial charge in [-0.2, -0.15) is 0 Å². The molecule has 0 aromatic carbocycles. The molecule has 0 aliphatic carbocycles. The van der Waals surface area contributed by atoms with Crippen LogP contribution in [-0.2, 0) is 28.9 Å². The highest BCUT2D eigenvalue weighted by Crippen LogP contribution is 2.31. The zero-order valence-electron chi connectivity index (χ0n) is 22.6. The van der Waals surface area contributed by atoms with E-state index in [9.17, 15) is 18.0 Å². The fourth-order valence-electron chi connectivity index (χ4n) is 4.83. The summed E-state index contributed by atoms with van der Waals surface area (Å²) < 4.78 is 35.0. The van der Waals surface area contributed by atoms with E-state index in [1.807, 2.05) is 0 Å². The lowest BCUT2D eigenvalue weighted by Crippen LogP contribution is -2.22. The number of hydrogen-bond acceptors (Lipinski definition) is 6. The van der Waals surface area contributed by atoms with Gasteiger partial charge in [-0.1, -0.05) is 104 Å². The third-order valence-electron chi connectivity index (χ3n) is 6.98. The maximum atomic E-state index is 12.3. The van der Waals surface area contributed by atoms with Crippen LogP contribution in [0.25, 0.3) is 0 Å². The summed E-state index contributed by atoms with van der Waals surface area (Å²) in [5.41, 5.74) is 0. The number of rotatable bonds is 22. The minimum atomic E-state index is -3.24.